The molecule has 2 aliphatic heterocycles. The molecule has 3 nitrogen and oxygen atoms in total. The summed E-state index contributed by atoms with van der Waals surface area (Å²) >= 11 is 0. The lowest BCUT2D eigenvalue weighted by atomic mass is 9.89. The summed E-state index contributed by atoms with van der Waals surface area (Å²) in [5.74, 6) is 0.120. The van der Waals surface area contributed by atoms with Crippen LogP contribution in [0.1, 0.15) is 18.9 Å². The van der Waals surface area contributed by atoms with Crippen molar-refractivity contribution in [2.45, 2.75) is 37.8 Å². The first-order valence-electron chi connectivity index (χ1n) is 6.92. The van der Waals surface area contributed by atoms with Crippen molar-refractivity contribution >= 4 is 6.08 Å². The van der Waals surface area contributed by atoms with Crippen LogP contribution < -0.4 is 0 Å². The number of aliphatic hydroxyl groups is 1. The van der Waals surface area contributed by atoms with Crippen molar-refractivity contribution in [3.05, 3.63) is 42.0 Å². The molecule has 3 rings (SSSR count). The van der Waals surface area contributed by atoms with Crippen LogP contribution in [0.2, 0.25) is 0 Å². The Balaban J connectivity index is 1.69. The van der Waals surface area contributed by atoms with Gasteiger partial charge in [-0.3, -0.25) is 0 Å². The third-order valence-corrected chi connectivity index (χ3v) is 3.98. The van der Waals surface area contributed by atoms with Crippen LogP contribution in [0, 0.1) is 5.92 Å². The van der Waals surface area contributed by atoms with E-state index in [1.165, 1.54) is 0 Å². The first-order chi connectivity index (χ1) is 9.24. The van der Waals surface area contributed by atoms with Crippen LogP contribution in [0.25, 0.3) is 6.08 Å². The fourth-order valence-corrected chi connectivity index (χ4v) is 2.55. The number of rotatable bonds is 3. The Kier molecular flexibility index (Phi) is 3.69. The molecule has 0 aromatic heterocycles. The van der Waals surface area contributed by atoms with Crippen LogP contribution in [-0.2, 0) is 9.47 Å². The van der Waals surface area contributed by atoms with E-state index in [0.717, 1.165) is 12.2 Å². The maximum atomic E-state index is 10.1. The van der Waals surface area contributed by atoms with Gasteiger partial charge in [-0.15, -0.1) is 0 Å². The van der Waals surface area contributed by atoms with Gasteiger partial charge in [0.05, 0.1) is 24.9 Å². The van der Waals surface area contributed by atoms with Crippen molar-refractivity contribution in [3.63, 3.8) is 0 Å². The lowest BCUT2D eigenvalue weighted by molar-refractivity contribution is -0.117. The second-order valence-electron chi connectivity index (χ2n) is 5.44. The van der Waals surface area contributed by atoms with E-state index in [0.29, 0.717) is 6.42 Å². The summed E-state index contributed by atoms with van der Waals surface area (Å²) in [5.41, 5.74) is 1.15. The monoisotopic (exact) mass is 260 g/mol. The van der Waals surface area contributed by atoms with E-state index in [9.17, 15) is 5.11 Å². The minimum absolute atomic E-state index is 0.0385. The van der Waals surface area contributed by atoms with Crippen LogP contribution in [-0.4, -0.2) is 36.1 Å². The van der Waals surface area contributed by atoms with Crippen molar-refractivity contribution in [1.29, 1.82) is 0 Å². The fraction of sp³-hybridized carbons (Fsp3) is 0.500. The van der Waals surface area contributed by atoms with E-state index in [1.54, 1.807) is 0 Å². The Labute approximate surface area is 113 Å². The predicted molar refractivity (Wildman–Crippen MR) is 73.7 cm³/mol. The average Bonchev–Trinajstić information content (AvgIpc) is 3.26. The smallest absolute Gasteiger partial charge is 0.107 e. The minimum atomic E-state index is -0.312. The zero-order valence-corrected chi connectivity index (χ0v) is 11.1. The standard InChI is InChI=1S/C16H20O3/c1-11-13(17)9-15(16-10-18-16)19-14(11)8-7-12-5-3-2-4-6-12/h2-8,11,13-17H,9-10H2,1H3/b8-7+/t11-,13-,14+,15-,16+/m1/s1. The number of epoxide rings is 1. The maximum Gasteiger partial charge on any atom is 0.107 e. The molecule has 0 saturated carbocycles. The molecule has 3 heteroatoms. The number of benzene rings is 1. The molecule has 5 atom stereocenters. The molecule has 0 unspecified atom stereocenters. The van der Waals surface area contributed by atoms with E-state index in [2.05, 4.69) is 24.3 Å². The molecule has 0 aliphatic carbocycles. The van der Waals surface area contributed by atoms with E-state index >= 15 is 0 Å². The first-order valence-corrected chi connectivity index (χ1v) is 6.92. The van der Waals surface area contributed by atoms with Gasteiger partial charge in [0, 0.05) is 12.3 Å². The molecule has 2 heterocycles. The van der Waals surface area contributed by atoms with Crippen LogP contribution in [0.5, 0.6) is 0 Å². The van der Waals surface area contributed by atoms with Crippen molar-refractivity contribution < 1.29 is 14.6 Å². The number of hydrogen-bond donors (Lipinski definition) is 1. The van der Waals surface area contributed by atoms with Gasteiger partial charge >= 0.3 is 0 Å². The first kappa shape index (κ1) is 12.9. The zero-order chi connectivity index (χ0) is 13.2. The summed E-state index contributed by atoms with van der Waals surface area (Å²) in [4.78, 5) is 0. The Hall–Kier alpha value is -1.16. The highest BCUT2D eigenvalue weighted by molar-refractivity contribution is 5.49. The van der Waals surface area contributed by atoms with Crippen LogP contribution in [0.3, 0.4) is 0 Å². The Bertz CT molecular complexity index is 439. The van der Waals surface area contributed by atoms with Crippen molar-refractivity contribution in [1.82, 2.24) is 0 Å². The minimum Gasteiger partial charge on any atom is -0.393 e. The van der Waals surface area contributed by atoms with E-state index in [-0.39, 0.29) is 30.3 Å². The highest BCUT2D eigenvalue weighted by Crippen LogP contribution is 2.32. The molecule has 2 fully saturated rings. The summed E-state index contributed by atoms with van der Waals surface area (Å²) < 4.78 is 11.3. The molecule has 0 bridgehead atoms. The van der Waals surface area contributed by atoms with E-state index in [4.69, 9.17) is 9.47 Å². The summed E-state index contributed by atoms with van der Waals surface area (Å²) in [5, 5.41) is 10.1. The van der Waals surface area contributed by atoms with Gasteiger partial charge in [0.15, 0.2) is 0 Å². The van der Waals surface area contributed by atoms with Gasteiger partial charge < -0.3 is 14.6 Å². The summed E-state index contributed by atoms with van der Waals surface area (Å²) in [6, 6.07) is 10.1. The van der Waals surface area contributed by atoms with Gasteiger partial charge in [-0.2, -0.15) is 0 Å². The Morgan fingerprint density at radius 1 is 1.21 bits per heavy atom. The summed E-state index contributed by atoms with van der Waals surface area (Å²) in [7, 11) is 0. The highest BCUT2D eigenvalue weighted by Gasteiger charge is 2.42. The molecule has 19 heavy (non-hydrogen) atoms. The van der Waals surface area contributed by atoms with Gasteiger partial charge in [0.2, 0.25) is 0 Å². The van der Waals surface area contributed by atoms with Crippen molar-refractivity contribution in [2.24, 2.45) is 5.92 Å². The van der Waals surface area contributed by atoms with E-state index < -0.39 is 0 Å². The van der Waals surface area contributed by atoms with Gasteiger partial charge in [-0.1, -0.05) is 49.4 Å². The number of hydrogen-bond acceptors (Lipinski definition) is 3. The lowest BCUT2D eigenvalue weighted by Gasteiger charge is -2.36. The van der Waals surface area contributed by atoms with Crippen molar-refractivity contribution in [2.75, 3.05) is 6.61 Å². The zero-order valence-electron chi connectivity index (χ0n) is 11.1. The molecule has 0 amide bonds. The van der Waals surface area contributed by atoms with Gasteiger partial charge in [0.1, 0.15) is 6.10 Å². The molecule has 0 spiro atoms. The molecule has 2 aliphatic rings. The highest BCUT2D eigenvalue weighted by atomic mass is 16.6. The van der Waals surface area contributed by atoms with Crippen LogP contribution in [0.15, 0.2) is 36.4 Å². The van der Waals surface area contributed by atoms with Crippen LogP contribution >= 0.6 is 0 Å². The maximum absolute atomic E-state index is 10.1. The van der Waals surface area contributed by atoms with Crippen LogP contribution in [0.4, 0.5) is 0 Å². The van der Waals surface area contributed by atoms with Gasteiger partial charge in [0.25, 0.3) is 0 Å². The normalized spacial score (nSPS) is 38.5. The molecular weight excluding hydrogens is 240 g/mol. The van der Waals surface area contributed by atoms with E-state index in [1.807, 2.05) is 25.1 Å². The fourth-order valence-electron chi connectivity index (χ4n) is 2.55. The second kappa shape index (κ2) is 5.45. The molecular formula is C16H20O3. The lowest BCUT2D eigenvalue weighted by Crippen LogP contribution is -2.44. The molecule has 2 saturated heterocycles. The molecule has 0 radical (unpaired) electrons. The van der Waals surface area contributed by atoms with Gasteiger partial charge in [-0.25, -0.2) is 0 Å². The van der Waals surface area contributed by atoms with Gasteiger partial charge in [-0.05, 0) is 5.56 Å². The topological polar surface area (TPSA) is 42.0 Å². The molecule has 1 aromatic carbocycles. The third-order valence-electron chi connectivity index (χ3n) is 3.98. The largest absolute Gasteiger partial charge is 0.393 e. The third kappa shape index (κ3) is 3.06. The number of aliphatic hydroxyl groups excluding tert-OH is 1. The summed E-state index contributed by atoms with van der Waals surface area (Å²) in [6.45, 7) is 2.80. The van der Waals surface area contributed by atoms with Crippen molar-refractivity contribution in [3.8, 4) is 0 Å². The Morgan fingerprint density at radius 3 is 2.63 bits per heavy atom. The Morgan fingerprint density at radius 2 is 1.95 bits per heavy atom. The summed E-state index contributed by atoms with van der Waals surface area (Å²) in [6.07, 6.45) is 4.67. The second-order valence-corrected chi connectivity index (χ2v) is 5.44. The average molecular weight is 260 g/mol. The molecule has 102 valence electrons. The SMILES string of the molecule is C[C@@H]1[C@H](O)C[C@H]([C@@H]2CO2)O[C@H]1/C=C/c1ccccc1. The number of ether oxygens (including phenoxy) is 2. The molecule has 1 aromatic rings. The quantitative estimate of drug-likeness (QED) is 0.848. The predicted octanol–water partition coefficient (Wildman–Crippen LogP) is 2.25. The molecule has 1 N–H and O–H groups in total.